The molecule has 0 unspecified atom stereocenters. The van der Waals surface area contributed by atoms with Crippen LogP contribution in [0.4, 0.5) is 0 Å². The van der Waals surface area contributed by atoms with E-state index in [1.807, 2.05) is 18.2 Å². The lowest BCUT2D eigenvalue weighted by molar-refractivity contribution is 0.112. The van der Waals surface area contributed by atoms with Crippen LogP contribution in [0.3, 0.4) is 0 Å². The van der Waals surface area contributed by atoms with Crippen molar-refractivity contribution in [1.29, 1.82) is 0 Å². The van der Waals surface area contributed by atoms with Crippen LogP contribution >= 0.6 is 33.9 Å². The first kappa shape index (κ1) is 8.96. The molecular weight excluding hydrogens is 299 g/mol. The third-order valence-electron chi connectivity index (χ3n) is 1.79. The van der Waals surface area contributed by atoms with Gasteiger partial charge in [0.25, 0.3) is 0 Å². The maximum atomic E-state index is 10.7. The Morgan fingerprint density at radius 1 is 1.46 bits per heavy atom. The van der Waals surface area contributed by atoms with Crippen LogP contribution in [0, 0.1) is 3.57 Å². The third kappa shape index (κ3) is 1.44. The molecule has 2 nitrogen and oxygen atoms in total. The van der Waals surface area contributed by atoms with E-state index in [2.05, 4.69) is 22.6 Å². The van der Waals surface area contributed by atoms with Crippen molar-refractivity contribution in [2.45, 2.75) is 0 Å². The summed E-state index contributed by atoms with van der Waals surface area (Å²) in [6, 6.07) is 5.76. The van der Waals surface area contributed by atoms with Crippen molar-refractivity contribution in [2.75, 3.05) is 0 Å². The summed E-state index contributed by atoms with van der Waals surface area (Å²) >= 11 is 3.41. The van der Waals surface area contributed by atoms with Crippen LogP contribution < -0.4 is 0 Å². The third-order valence-corrected chi connectivity index (χ3v) is 3.45. The number of carbonyl (C=O) groups excluding carboxylic acids is 1. The summed E-state index contributed by atoms with van der Waals surface area (Å²) in [5, 5.41) is 10.4. The highest BCUT2D eigenvalue weighted by molar-refractivity contribution is 14.1. The fraction of sp³-hybridized carbons (Fsp3) is 0. The SMILES string of the molecule is O=Cc1c(O)sc2ccc(I)cc12. The molecule has 1 aromatic carbocycles. The first-order valence-electron chi connectivity index (χ1n) is 3.58. The van der Waals surface area contributed by atoms with E-state index in [1.54, 1.807) is 0 Å². The largest absolute Gasteiger partial charge is 0.499 e. The molecular formula is C9H5IO2S. The Morgan fingerprint density at radius 3 is 2.92 bits per heavy atom. The van der Waals surface area contributed by atoms with Crippen molar-refractivity contribution in [3.8, 4) is 5.06 Å². The first-order valence-corrected chi connectivity index (χ1v) is 5.48. The molecule has 0 aliphatic carbocycles. The maximum Gasteiger partial charge on any atom is 0.183 e. The summed E-state index contributed by atoms with van der Waals surface area (Å²) in [4.78, 5) is 10.7. The van der Waals surface area contributed by atoms with Crippen molar-refractivity contribution in [3.63, 3.8) is 0 Å². The molecule has 0 aliphatic rings. The van der Waals surface area contributed by atoms with Gasteiger partial charge < -0.3 is 5.11 Å². The average Bonchev–Trinajstić information content (AvgIpc) is 2.40. The van der Waals surface area contributed by atoms with Crippen molar-refractivity contribution in [3.05, 3.63) is 27.3 Å². The molecule has 2 rings (SSSR count). The molecule has 13 heavy (non-hydrogen) atoms. The maximum absolute atomic E-state index is 10.7. The molecule has 0 bridgehead atoms. The van der Waals surface area contributed by atoms with Gasteiger partial charge in [-0.15, -0.1) is 0 Å². The Hall–Kier alpha value is -0.620. The molecule has 0 aliphatic heterocycles. The van der Waals surface area contributed by atoms with Crippen LogP contribution in [0.2, 0.25) is 0 Å². The van der Waals surface area contributed by atoms with Gasteiger partial charge in [0, 0.05) is 13.7 Å². The van der Waals surface area contributed by atoms with Crippen LogP contribution in [-0.4, -0.2) is 11.4 Å². The normalized spacial score (nSPS) is 10.5. The topological polar surface area (TPSA) is 37.3 Å². The second-order valence-corrected chi connectivity index (χ2v) is 4.86. The standard InChI is InChI=1S/C9H5IO2S/c10-5-1-2-8-6(3-5)7(4-11)9(12)13-8/h1-4,12H. The fourth-order valence-corrected chi connectivity index (χ4v) is 2.57. The summed E-state index contributed by atoms with van der Waals surface area (Å²) in [6.45, 7) is 0. The lowest BCUT2D eigenvalue weighted by Crippen LogP contribution is -1.76. The molecule has 0 fully saturated rings. The van der Waals surface area contributed by atoms with Crippen LogP contribution in [-0.2, 0) is 0 Å². The number of carbonyl (C=O) groups is 1. The molecule has 0 saturated heterocycles. The van der Waals surface area contributed by atoms with Gasteiger partial charge in [0.05, 0.1) is 5.56 Å². The van der Waals surface area contributed by atoms with Gasteiger partial charge in [-0.1, -0.05) is 11.3 Å². The van der Waals surface area contributed by atoms with Gasteiger partial charge in [0.1, 0.15) is 0 Å². The Morgan fingerprint density at radius 2 is 2.23 bits per heavy atom. The van der Waals surface area contributed by atoms with E-state index < -0.39 is 0 Å². The van der Waals surface area contributed by atoms with Crippen LogP contribution in [0.1, 0.15) is 10.4 Å². The van der Waals surface area contributed by atoms with Gasteiger partial charge >= 0.3 is 0 Å². The fourth-order valence-electron chi connectivity index (χ4n) is 1.19. The van der Waals surface area contributed by atoms with Crippen LogP contribution in [0.15, 0.2) is 18.2 Å². The Bertz CT molecular complexity index is 476. The monoisotopic (exact) mass is 304 g/mol. The van der Waals surface area contributed by atoms with Gasteiger partial charge in [-0.05, 0) is 40.8 Å². The number of hydrogen-bond donors (Lipinski definition) is 1. The molecule has 0 saturated carbocycles. The highest BCUT2D eigenvalue weighted by Crippen LogP contribution is 2.35. The number of rotatable bonds is 1. The molecule has 0 amide bonds. The molecule has 1 aromatic heterocycles. The minimum absolute atomic E-state index is 0.104. The van der Waals surface area contributed by atoms with E-state index in [1.165, 1.54) is 11.3 Å². The van der Waals surface area contributed by atoms with Gasteiger partial charge in [-0.25, -0.2) is 0 Å². The summed E-state index contributed by atoms with van der Waals surface area (Å²) in [6.07, 6.45) is 0.699. The second-order valence-electron chi connectivity index (χ2n) is 2.58. The highest BCUT2D eigenvalue weighted by Gasteiger charge is 2.09. The van der Waals surface area contributed by atoms with Crippen molar-refractivity contribution < 1.29 is 9.90 Å². The quantitative estimate of drug-likeness (QED) is 0.649. The van der Waals surface area contributed by atoms with Crippen LogP contribution in [0.5, 0.6) is 5.06 Å². The zero-order chi connectivity index (χ0) is 9.42. The minimum atomic E-state index is 0.104. The molecule has 2 aromatic rings. The summed E-state index contributed by atoms with van der Waals surface area (Å²) < 4.78 is 2.01. The average molecular weight is 304 g/mol. The Labute approximate surface area is 92.3 Å². The highest BCUT2D eigenvalue weighted by atomic mass is 127. The number of aldehydes is 1. The van der Waals surface area contributed by atoms with E-state index in [0.29, 0.717) is 11.8 Å². The molecule has 4 heteroatoms. The molecule has 0 atom stereocenters. The second kappa shape index (κ2) is 3.26. The van der Waals surface area contributed by atoms with Crippen molar-refractivity contribution in [2.24, 2.45) is 0 Å². The number of halogens is 1. The van der Waals surface area contributed by atoms with E-state index in [9.17, 15) is 9.90 Å². The summed E-state index contributed by atoms with van der Waals surface area (Å²) in [5.41, 5.74) is 0.401. The zero-order valence-electron chi connectivity index (χ0n) is 6.45. The number of hydrogen-bond acceptors (Lipinski definition) is 3. The van der Waals surface area contributed by atoms with Gasteiger partial charge in [0.15, 0.2) is 11.3 Å². The Balaban J connectivity index is 2.88. The molecule has 1 N–H and O–H groups in total. The van der Waals surface area contributed by atoms with E-state index >= 15 is 0 Å². The van der Waals surface area contributed by atoms with E-state index in [0.717, 1.165) is 13.7 Å². The predicted molar refractivity (Wildman–Crippen MR) is 61.6 cm³/mol. The molecule has 1 heterocycles. The lowest BCUT2D eigenvalue weighted by atomic mass is 10.2. The van der Waals surface area contributed by atoms with Gasteiger partial charge in [-0.2, -0.15) is 0 Å². The predicted octanol–water partition coefficient (Wildman–Crippen LogP) is 3.02. The number of aromatic hydroxyl groups is 1. The smallest absolute Gasteiger partial charge is 0.183 e. The summed E-state index contributed by atoms with van der Waals surface area (Å²) in [5.74, 6) is 0. The van der Waals surface area contributed by atoms with E-state index in [4.69, 9.17) is 0 Å². The first-order chi connectivity index (χ1) is 6.22. The Kier molecular flexibility index (Phi) is 2.25. The summed E-state index contributed by atoms with van der Waals surface area (Å²) in [7, 11) is 0. The number of fused-ring (bicyclic) bond motifs is 1. The minimum Gasteiger partial charge on any atom is -0.499 e. The van der Waals surface area contributed by atoms with E-state index in [-0.39, 0.29) is 5.06 Å². The van der Waals surface area contributed by atoms with Crippen molar-refractivity contribution >= 4 is 50.3 Å². The van der Waals surface area contributed by atoms with Gasteiger partial charge in [0.2, 0.25) is 0 Å². The van der Waals surface area contributed by atoms with Crippen LogP contribution in [0.25, 0.3) is 10.1 Å². The lowest BCUT2D eigenvalue weighted by Gasteiger charge is -1.91. The van der Waals surface area contributed by atoms with Gasteiger partial charge in [-0.3, -0.25) is 4.79 Å². The molecule has 66 valence electrons. The number of benzene rings is 1. The molecule has 0 radical (unpaired) electrons. The molecule has 0 spiro atoms. The number of thiophene rings is 1. The van der Waals surface area contributed by atoms with Crippen molar-refractivity contribution in [1.82, 2.24) is 0 Å². The zero-order valence-corrected chi connectivity index (χ0v) is 9.43.